The van der Waals surface area contributed by atoms with Crippen LogP contribution in [0.1, 0.15) is 56.6 Å². The average Bonchev–Trinajstić information content (AvgIpc) is 3.72. The number of nitrogens with two attached hydrogens (primary N) is 2. The highest BCUT2D eigenvalue weighted by Crippen LogP contribution is 2.19. The minimum atomic E-state index is -1.70. The molecule has 338 valence electrons. The molecule has 1 aliphatic heterocycles. The van der Waals surface area contributed by atoms with Crippen LogP contribution in [0, 0.1) is 0 Å². The van der Waals surface area contributed by atoms with Gasteiger partial charge in [0.05, 0.1) is 6.42 Å². The zero-order chi connectivity index (χ0) is 45.9. The summed E-state index contributed by atoms with van der Waals surface area (Å²) in [5.74, 6) is -7.66. The number of aromatic hydroxyl groups is 2. The molecule has 2 aromatic carbocycles. The highest BCUT2D eigenvalue weighted by atomic mass is 32.2. The van der Waals surface area contributed by atoms with Crippen molar-refractivity contribution in [1.29, 1.82) is 0 Å². The summed E-state index contributed by atoms with van der Waals surface area (Å²) in [6.45, 7) is 1.63. The number of aliphatic imine (C=N–C) groups is 1. The Balaban J connectivity index is 1.97. The van der Waals surface area contributed by atoms with Crippen LogP contribution in [-0.2, 0) is 51.2 Å². The molecule has 22 heteroatoms. The van der Waals surface area contributed by atoms with Gasteiger partial charge >= 0.3 is 11.9 Å². The largest absolute Gasteiger partial charge is 0.508 e. The molecule has 3 rings (SSSR count). The van der Waals surface area contributed by atoms with E-state index in [0.29, 0.717) is 29.8 Å². The second-order valence-electron chi connectivity index (χ2n) is 14.6. The standard InChI is InChI=1S/C40H55N9O12S/c1-22(50)49-17-4-6-32(49)38(59)48-31(21-33(53)54)37(58)47-30(20-24-9-13-26(52)14-10-24)36(57)46-29(19-23-7-11-25(51)12-8-23)35(56)44-27(5-3-16-43-40(41)42)34(55)45-28(39(60)61)15-18-62-2/h7-14,27-32,51-52H,3-6,15-21H2,1-2H3,(H,44,56)(H,45,55)(H,46,57)(H,47,58)(H,48,59)(H,53,54)(H,60,61)(H4,41,42,43)/t27-,28-,29-,30-,31-,32-/m0/s1. The summed E-state index contributed by atoms with van der Waals surface area (Å²) in [5.41, 5.74) is 11.7. The lowest BCUT2D eigenvalue weighted by Crippen LogP contribution is -2.60. The number of aliphatic carboxylic acids is 2. The third-order valence-corrected chi connectivity index (χ3v) is 10.4. The van der Waals surface area contributed by atoms with Gasteiger partial charge in [0.2, 0.25) is 35.4 Å². The summed E-state index contributed by atoms with van der Waals surface area (Å²) in [5, 5.41) is 51.8. The number of phenols is 2. The molecule has 0 bridgehead atoms. The Kier molecular flexibility index (Phi) is 19.8. The molecule has 0 aliphatic carbocycles. The molecule has 1 heterocycles. The fraction of sp³-hybridized carbons (Fsp3) is 0.475. The lowest BCUT2D eigenvalue weighted by Gasteiger charge is -2.28. The van der Waals surface area contributed by atoms with E-state index in [1.165, 1.54) is 72.1 Å². The first-order chi connectivity index (χ1) is 29.4. The fourth-order valence-electron chi connectivity index (χ4n) is 6.58. The minimum Gasteiger partial charge on any atom is -0.508 e. The van der Waals surface area contributed by atoms with Gasteiger partial charge in [-0.25, -0.2) is 4.79 Å². The molecule has 1 fully saturated rings. The van der Waals surface area contributed by atoms with Crippen molar-refractivity contribution < 1.29 is 58.8 Å². The Morgan fingerprint density at radius 3 is 1.68 bits per heavy atom. The predicted octanol–water partition coefficient (Wildman–Crippen LogP) is -1.32. The zero-order valence-electron chi connectivity index (χ0n) is 34.4. The van der Waals surface area contributed by atoms with Crippen LogP contribution in [0.4, 0.5) is 0 Å². The number of guanidine groups is 1. The molecule has 1 saturated heterocycles. The van der Waals surface area contributed by atoms with Crippen molar-refractivity contribution in [2.75, 3.05) is 25.1 Å². The lowest BCUT2D eigenvalue weighted by molar-refractivity contribution is -0.143. The van der Waals surface area contributed by atoms with Crippen molar-refractivity contribution in [3.8, 4) is 11.5 Å². The highest BCUT2D eigenvalue weighted by Gasteiger charge is 2.37. The Hall–Kier alpha value is -6.58. The van der Waals surface area contributed by atoms with Gasteiger partial charge in [-0.2, -0.15) is 11.8 Å². The van der Waals surface area contributed by atoms with Crippen LogP contribution in [0.15, 0.2) is 53.5 Å². The summed E-state index contributed by atoms with van der Waals surface area (Å²) in [4.78, 5) is 110. The average molecular weight is 886 g/mol. The van der Waals surface area contributed by atoms with Crippen molar-refractivity contribution in [3.63, 3.8) is 0 Å². The number of phenolic OH excluding ortho intramolecular Hbond substituents is 2. The van der Waals surface area contributed by atoms with E-state index in [-0.39, 0.29) is 68.4 Å². The van der Waals surface area contributed by atoms with Gasteiger partial charge in [0, 0.05) is 32.9 Å². The summed E-state index contributed by atoms with van der Waals surface area (Å²) < 4.78 is 0. The first-order valence-electron chi connectivity index (χ1n) is 19.7. The lowest BCUT2D eigenvalue weighted by atomic mass is 10.0. The fourth-order valence-corrected chi connectivity index (χ4v) is 7.05. The smallest absolute Gasteiger partial charge is 0.326 e. The van der Waals surface area contributed by atoms with Gasteiger partial charge in [0.15, 0.2) is 5.96 Å². The third kappa shape index (κ3) is 16.5. The summed E-state index contributed by atoms with van der Waals surface area (Å²) in [7, 11) is 0. The predicted molar refractivity (Wildman–Crippen MR) is 226 cm³/mol. The monoisotopic (exact) mass is 885 g/mol. The first-order valence-corrected chi connectivity index (χ1v) is 21.1. The highest BCUT2D eigenvalue weighted by molar-refractivity contribution is 7.98. The molecule has 21 nitrogen and oxygen atoms in total. The second-order valence-corrected chi connectivity index (χ2v) is 15.6. The van der Waals surface area contributed by atoms with Gasteiger partial charge in [-0.05, 0) is 79.5 Å². The molecule has 6 amide bonds. The van der Waals surface area contributed by atoms with Crippen LogP contribution in [0.25, 0.3) is 0 Å². The Morgan fingerprint density at radius 1 is 0.726 bits per heavy atom. The number of rotatable bonds is 24. The van der Waals surface area contributed by atoms with Crippen molar-refractivity contribution in [3.05, 3.63) is 59.7 Å². The van der Waals surface area contributed by atoms with E-state index in [9.17, 15) is 58.8 Å². The van der Waals surface area contributed by atoms with E-state index in [2.05, 4.69) is 31.6 Å². The molecule has 0 unspecified atom stereocenters. The summed E-state index contributed by atoms with van der Waals surface area (Å²) >= 11 is 1.37. The van der Waals surface area contributed by atoms with Crippen LogP contribution in [0.3, 0.4) is 0 Å². The number of carbonyl (C=O) groups is 8. The summed E-state index contributed by atoms with van der Waals surface area (Å²) in [6.07, 6.45) is 1.35. The van der Waals surface area contributed by atoms with Crippen molar-refractivity contribution >= 4 is 65.1 Å². The number of carboxylic acid groups (broad SMARTS) is 2. The quantitative estimate of drug-likeness (QED) is 0.0331. The molecule has 13 N–H and O–H groups in total. The molecule has 0 radical (unpaired) electrons. The van der Waals surface area contributed by atoms with E-state index >= 15 is 0 Å². The number of benzene rings is 2. The van der Waals surface area contributed by atoms with E-state index in [4.69, 9.17) is 11.5 Å². The number of nitrogens with zero attached hydrogens (tertiary/aromatic N) is 2. The normalized spacial score (nSPS) is 15.7. The van der Waals surface area contributed by atoms with Crippen molar-refractivity contribution in [1.82, 2.24) is 31.5 Å². The molecule has 1 aliphatic rings. The van der Waals surface area contributed by atoms with Crippen LogP contribution in [0.2, 0.25) is 0 Å². The molecule has 6 atom stereocenters. The van der Waals surface area contributed by atoms with Crippen molar-refractivity contribution in [2.24, 2.45) is 16.5 Å². The Labute approximate surface area is 361 Å². The van der Waals surface area contributed by atoms with Gasteiger partial charge in [-0.1, -0.05) is 24.3 Å². The maximum absolute atomic E-state index is 14.3. The SMILES string of the molecule is CSCC[C@H](NC(=O)[C@H](CCCN=C(N)N)NC(=O)[C@H](Cc1ccc(O)cc1)NC(=O)[C@H](Cc1ccc(O)cc1)NC(=O)[C@H](CC(=O)O)NC(=O)[C@@H]1CCCN1C(C)=O)C(=O)O. The minimum absolute atomic E-state index is 0.0576. The summed E-state index contributed by atoms with van der Waals surface area (Å²) in [6, 6.07) is 2.93. The number of nitrogens with one attached hydrogen (secondary N) is 5. The third-order valence-electron chi connectivity index (χ3n) is 9.79. The van der Waals surface area contributed by atoms with Crippen LogP contribution in [0.5, 0.6) is 11.5 Å². The van der Waals surface area contributed by atoms with Gasteiger partial charge in [0.25, 0.3) is 0 Å². The molecule has 0 spiro atoms. The number of carboxylic acids is 2. The number of carbonyl (C=O) groups excluding carboxylic acids is 6. The molecule has 2 aromatic rings. The van der Waals surface area contributed by atoms with E-state index < -0.39 is 84.1 Å². The number of thioether (sulfide) groups is 1. The topological polar surface area (TPSA) is 345 Å². The van der Waals surface area contributed by atoms with Crippen LogP contribution in [-0.4, -0.2) is 140 Å². The Morgan fingerprint density at radius 2 is 1.21 bits per heavy atom. The van der Waals surface area contributed by atoms with Gasteiger partial charge in [-0.15, -0.1) is 0 Å². The number of amides is 6. The van der Waals surface area contributed by atoms with Gasteiger partial charge in [-0.3, -0.25) is 38.6 Å². The van der Waals surface area contributed by atoms with Crippen LogP contribution >= 0.6 is 11.8 Å². The maximum atomic E-state index is 14.3. The number of hydrogen-bond acceptors (Lipinski definition) is 12. The molecular weight excluding hydrogens is 831 g/mol. The first kappa shape index (κ1) is 49.8. The van der Waals surface area contributed by atoms with Crippen LogP contribution < -0.4 is 38.1 Å². The zero-order valence-corrected chi connectivity index (χ0v) is 35.2. The molecule has 62 heavy (non-hydrogen) atoms. The Bertz CT molecular complexity index is 1930. The van der Waals surface area contributed by atoms with E-state index in [0.717, 1.165) is 0 Å². The van der Waals surface area contributed by atoms with Crippen molar-refractivity contribution in [2.45, 2.75) is 94.5 Å². The van der Waals surface area contributed by atoms with Gasteiger partial charge in [0.1, 0.15) is 47.8 Å². The van der Waals surface area contributed by atoms with E-state index in [1.54, 1.807) is 6.26 Å². The number of likely N-dealkylation sites (tertiary alicyclic amines) is 1. The molecule has 0 saturated carbocycles. The molecular formula is C40H55N9O12S. The molecule has 0 aromatic heterocycles. The van der Waals surface area contributed by atoms with E-state index in [1.807, 2.05) is 0 Å². The van der Waals surface area contributed by atoms with Gasteiger partial charge < -0.3 is 63.4 Å². The second kappa shape index (κ2) is 24.6. The number of hydrogen-bond donors (Lipinski definition) is 11. The maximum Gasteiger partial charge on any atom is 0.326 e.